The summed E-state index contributed by atoms with van der Waals surface area (Å²) in [4.78, 5) is 8.99. The van der Waals surface area contributed by atoms with Crippen molar-refractivity contribution in [2.75, 3.05) is 56.2 Å². The van der Waals surface area contributed by atoms with Gasteiger partial charge < -0.3 is 20.2 Å². The van der Waals surface area contributed by atoms with Crippen molar-refractivity contribution in [2.45, 2.75) is 0 Å². The summed E-state index contributed by atoms with van der Waals surface area (Å²) >= 11 is 0. The van der Waals surface area contributed by atoms with Crippen LogP contribution in [0.5, 0.6) is 0 Å². The van der Waals surface area contributed by atoms with Crippen molar-refractivity contribution in [2.24, 2.45) is 0 Å². The van der Waals surface area contributed by atoms with Gasteiger partial charge in [-0.05, 0) is 17.5 Å². The highest BCUT2D eigenvalue weighted by molar-refractivity contribution is 6.02. The van der Waals surface area contributed by atoms with Crippen molar-refractivity contribution in [1.82, 2.24) is 10.3 Å². The summed E-state index contributed by atoms with van der Waals surface area (Å²) in [5.41, 5.74) is 1.24. The smallest absolute Gasteiger partial charge is 0.138 e. The van der Waals surface area contributed by atoms with Crippen molar-refractivity contribution in [3.05, 3.63) is 30.5 Å². The molecule has 0 bridgehead atoms. The molecule has 1 aliphatic rings. The van der Waals surface area contributed by atoms with E-state index in [1.807, 2.05) is 18.1 Å². The molecule has 2 aromatic rings. The van der Waals surface area contributed by atoms with Gasteiger partial charge in [-0.15, -0.1) is 0 Å². The third-order valence-corrected chi connectivity index (χ3v) is 4.00. The van der Waals surface area contributed by atoms with E-state index in [0.717, 1.165) is 32.0 Å². The van der Waals surface area contributed by atoms with Gasteiger partial charge in [0.1, 0.15) is 5.82 Å². The third kappa shape index (κ3) is 2.80. The minimum atomic E-state index is 0.129. The maximum atomic E-state index is 9.20. The molecule has 0 atom stereocenters. The van der Waals surface area contributed by atoms with Crippen LogP contribution in [0.4, 0.5) is 11.5 Å². The molecule has 1 aromatic heterocycles. The van der Waals surface area contributed by atoms with Gasteiger partial charge in [0.15, 0.2) is 0 Å². The lowest BCUT2D eigenvalue weighted by atomic mass is 10.1. The highest BCUT2D eigenvalue weighted by atomic mass is 16.3. The van der Waals surface area contributed by atoms with E-state index in [2.05, 4.69) is 39.5 Å². The highest BCUT2D eigenvalue weighted by Crippen LogP contribution is 2.33. The Morgan fingerprint density at radius 1 is 1.29 bits per heavy atom. The summed E-state index contributed by atoms with van der Waals surface area (Å²) in [5.74, 6) is 0.940. The van der Waals surface area contributed by atoms with E-state index in [4.69, 9.17) is 0 Å². The van der Waals surface area contributed by atoms with Gasteiger partial charge in [-0.2, -0.15) is 0 Å². The fraction of sp³-hybridized carbons (Fsp3) is 0.438. The molecule has 1 fully saturated rings. The Morgan fingerprint density at radius 2 is 2.10 bits per heavy atom. The van der Waals surface area contributed by atoms with Crippen LogP contribution in [0.2, 0.25) is 0 Å². The van der Waals surface area contributed by atoms with Gasteiger partial charge >= 0.3 is 0 Å². The van der Waals surface area contributed by atoms with E-state index in [1.165, 1.54) is 16.5 Å². The maximum absolute atomic E-state index is 9.20. The van der Waals surface area contributed by atoms with Crippen LogP contribution in [0.25, 0.3) is 10.8 Å². The van der Waals surface area contributed by atoms with E-state index in [0.29, 0.717) is 6.54 Å². The summed E-state index contributed by atoms with van der Waals surface area (Å²) in [6.45, 7) is 4.76. The molecule has 112 valence electrons. The largest absolute Gasteiger partial charge is 0.395 e. The number of benzene rings is 1. The molecule has 1 aliphatic heterocycles. The standard InChI is InChI=1S/C16H22N4O/c1-19(11-12-21)16-15-13(5-6-18-16)3-2-4-14(15)20-9-7-17-8-10-20/h2-6,17,21H,7-12H2,1H3. The number of pyridine rings is 1. The Bertz CT molecular complexity index is 605. The first-order chi connectivity index (χ1) is 10.3. The van der Waals surface area contributed by atoms with Gasteiger partial charge in [0.05, 0.1) is 6.61 Å². The van der Waals surface area contributed by atoms with Crippen LogP contribution < -0.4 is 15.1 Å². The van der Waals surface area contributed by atoms with Crippen molar-refractivity contribution in [3.8, 4) is 0 Å². The summed E-state index contributed by atoms with van der Waals surface area (Å²) in [6, 6.07) is 8.46. The first-order valence-corrected chi connectivity index (χ1v) is 7.46. The molecule has 1 saturated heterocycles. The highest BCUT2D eigenvalue weighted by Gasteiger charge is 2.17. The van der Waals surface area contributed by atoms with E-state index in [-0.39, 0.29) is 6.61 Å². The van der Waals surface area contributed by atoms with Crippen LogP contribution in [-0.4, -0.2) is 56.5 Å². The quantitative estimate of drug-likeness (QED) is 0.880. The van der Waals surface area contributed by atoms with Crippen molar-refractivity contribution < 1.29 is 5.11 Å². The van der Waals surface area contributed by atoms with Gasteiger partial charge in [0, 0.05) is 57.0 Å². The van der Waals surface area contributed by atoms with Crippen molar-refractivity contribution in [1.29, 1.82) is 0 Å². The number of hydrogen-bond donors (Lipinski definition) is 2. The molecule has 0 radical (unpaired) electrons. The molecule has 2 N–H and O–H groups in total. The molecule has 5 heteroatoms. The lowest BCUT2D eigenvalue weighted by Crippen LogP contribution is -2.43. The summed E-state index contributed by atoms with van der Waals surface area (Å²) in [7, 11) is 1.98. The monoisotopic (exact) mass is 286 g/mol. The molecule has 1 aromatic carbocycles. The zero-order valence-electron chi connectivity index (χ0n) is 12.4. The average molecular weight is 286 g/mol. The second-order valence-electron chi connectivity index (χ2n) is 5.39. The Balaban J connectivity index is 2.10. The Morgan fingerprint density at radius 3 is 2.86 bits per heavy atom. The zero-order chi connectivity index (χ0) is 14.7. The molecule has 0 amide bonds. The maximum Gasteiger partial charge on any atom is 0.138 e. The molecule has 0 aliphatic carbocycles. The minimum absolute atomic E-state index is 0.129. The number of nitrogens with one attached hydrogen (secondary N) is 1. The summed E-state index contributed by atoms with van der Waals surface area (Å²) in [6.07, 6.45) is 1.84. The first kappa shape index (κ1) is 14.1. The van der Waals surface area contributed by atoms with E-state index < -0.39 is 0 Å². The molecule has 21 heavy (non-hydrogen) atoms. The number of aliphatic hydroxyl groups is 1. The van der Waals surface area contributed by atoms with Crippen LogP contribution in [0.3, 0.4) is 0 Å². The second kappa shape index (κ2) is 6.28. The molecule has 0 spiro atoms. The first-order valence-electron chi connectivity index (χ1n) is 7.46. The Kier molecular flexibility index (Phi) is 4.22. The van der Waals surface area contributed by atoms with Crippen LogP contribution in [0, 0.1) is 0 Å². The normalized spacial score (nSPS) is 15.4. The van der Waals surface area contributed by atoms with Gasteiger partial charge in [0.25, 0.3) is 0 Å². The fourth-order valence-electron chi connectivity index (χ4n) is 2.91. The van der Waals surface area contributed by atoms with Crippen molar-refractivity contribution in [3.63, 3.8) is 0 Å². The number of likely N-dealkylation sites (N-methyl/N-ethyl adjacent to an activating group) is 1. The number of aliphatic hydroxyl groups excluding tert-OH is 1. The van der Waals surface area contributed by atoms with Crippen molar-refractivity contribution >= 4 is 22.3 Å². The average Bonchev–Trinajstić information content (AvgIpc) is 2.55. The van der Waals surface area contributed by atoms with Crippen LogP contribution >= 0.6 is 0 Å². The van der Waals surface area contributed by atoms with Gasteiger partial charge in [-0.3, -0.25) is 0 Å². The molecule has 0 saturated carbocycles. The zero-order valence-corrected chi connectivity index (χ0v) is 12.4. The second-order valence-corrected chi connectivity index (χ2v) is 5.39. The van der Waals surface area contributed by atoms with E-state index >= 15 is 0 Å². The number of hydrogen-bond acceptors (Lipinski definition) is 5. The Hall–Kier alpha value is -1.85. The summed E-state index contributed by atoms with van der Waals surface area (Å²) < 4.78 is 0. The number of nitrogens with zero attached hydrogens (tertiary/aromatic N) is 3. The number of piperazine rings is 1. The van der Waals surface area contributed by atoms with E-state index in [9.17, 15) is 5.11 Å². The van der Waals surface area contributed by atoms with E-state index in [1.54, 1.807) is 0 Å². The molecule has 0 unspecified atom stereocenters. The molecule has 5 nitrogen and oxygen atoms in total. The Labute approximate surface area is 125 Å². The molecular formula is C16H22N4O. The summed E-state index contributed by atoms with van der Waals surface area (Å²) in [5, 5.41) is 15.0. The van der Waals surface area contributed by atoms with Gasteiger partial charge in [-0.1, -0.05) is 12.1 Å². The predicted molar refractivity (Wildman–Crippen MR) is 87.2 cm³/mol. The minimum Gasteiger partial charge on any atom is -0.395 e. The molecular weight excluding hydrogens is 264 g/mol. The SMILES string of the molecule is CN(CCO)c1nccc2cccc(N3CCNCC3)c12. The third-order valence-electron chi connectivity index (χ3n) is 4.00. The van der Waals surface area contributed by atoms with Gasteiger partial charge in [0.2, 0.25) is 0 Å². The van der Waals surface area contributed by atoms with Crippen LogP contribution in [0.15, 0.2) is 30.5 Å². The van der Waals surface area contributed by atoms with Crippen LogP contribution in [0.1, 0.15) is 0 Å². The lowest BCUT2D eigenvalue weighted by Gasteiger charge is -2.31. The number of anilines is 2. The lowest BCUT2D eigenvalue weighted by molar-refractivity contribution is 0.304. The number of aromatic nitrogens is 1. The fourth-order valence-corrected chi connectivity index (χ4v) is 2.91. The predicted octanol–water partition coefficient (Wildman–Crippen LogP) is 1.07. The molecule has 3 rings (SSSR count). The topological polar surface area (TPSA) is 51.6 Å². The van der Waals surface area contributed by atoms with Crippen LogP contribution in [-0.2, 0) is 0 Å². The molecule has 2 heterocycles. The van der Waals surface area contributed by atoms with Gasteiger partial charge in [-0.25, -0.2) is 4.98 Å². The number of rotatable bonds is 4. The number of fused-ring (bicyclic) bond motifs is 1.